The van der Waals surface area contributed by atoms with E-state index >= 15 is 0 Å². The first-order valence-corrected chi connectivity index (χ1v) is 6.29. The van der Waals surface area contributed by atoms with Gasteiger partial charge in [0.25, 0.3) is 0 Å². The van der Waals surface area contributed by atoms with Gasteiger partial charge in [0.2, 0.25) is 0 Å². The maximum Gasteiger partial charge on any atom is 0.0664 e. The van der Waals surface area contributed by atoms with Crippen LogP contribution in [0.4, 0.5) is 0 Å². The third kappa shape index (κ3) is 1.93. The molecule has 0 aromatic carbocycles. The van der Waals surface area contributed by atoms with E-state index in [1.54, 1.807) is 0 Å². The van der Waals surface area contributed by atoms with Crippen molar-refractivity contribution < 1.29 is 5.11 Å². The molecule has 0 spiro atoms. The predicted molar refractivity (Wildman–Crippen MR) is 61.8 cm³/mol. The molecule has 0 aromatic heterocycles. The molecule has 2 aliphatic heterocycles. The Kier molecular flexibility index (Phi) is 3.33. The van der Waals surface area contributed by atoms with Gasteiger partial charge in [-0.05, 0) is 45.2 Å². The first-order chi connectivity index (χ1) is 7.15. The molecule has 0 aromatic rings. The summed E-state index contributed by atoms with van der Waals surface area (Å²) in [5, 5.41) is 13.2. The van der Waals surface area contributed by atoms with Crippen LogP contribution in [0.3, 0.4) is 0 Å². The molecule has 0 radical (unpaired) electrons. The summed E-state index contributed by atoms with van der Waals surface area (Å²) in [6.07, 6.45) is 0.991. The molecule has 2 N–H and O–H groups in total. The fraction of sp³-hybridized carbons (Fsp3) is 1.00. The van der Waals surface area contributed by atoms with E-state index in [0.717, 1.165) is 11.8 Å². The maximum absolute atomic E-state index is 9.70. The molecule has 5 atom stereocenters. The lowest BCUT2D eigenvalue weighted by atomic mass is 9.92. The van der Waals surface area contributed by atoms with Crippen LogP contribution >= 0.6 is 0 Å². The van der Waals surface area contributed by atoms with Gasteiger partial charge in [-0.3, -0.25) is 4.90 Å². The number of likely N-dealkylation sites (tertiary alicyclic amines) is 1. The van der Waals surface area contributed by atoms with Gasteiger partial charge in [-0.15, -0.1) is 0 Å². The summed E-state index contributed by atoms with van der Waals surface area (Å²) in [4.78, 5) is 2.53. The van der Waals surface area contributed by atoms with Crippen molar-refractivity contribution >= 4 is 0 Å². The summed E-state index contributed by atoms with van der Waals surface area (Å²) in [5.41, 5.74) is 0. The Morgan fingerprint density at radius 3 is 2.73 bits per heavy atom. The van der Waals surface area contributed by atoms with Gasteiger partial charge < -0.3 is 10.4 Å². The number of aliphatic hydroxyl groups is 1. The number of hydrogen-bond acceptors (Lipinski definition) is 3. The Morgan fingerprint density at radius 2 is 2.13 bits per heavy atom. The molecule has 15 heavy (non-hydrogen) atoms. The van der Waals surface area contributed by atoms with Crippen LogP contribution in [0.25, 0.3) is 0 Å². The van der Waals surface area contributed by atoms with Crippen molar-refractivity contribution in [1.29, 1.82) is 0 Å². The number of fused-ring (bicyclic) bond motifs is 1. The van der Waals surface area contributed by atoms with Gasteiger partial charge in [-0.2, -0.15) is 0 Å². The fourth-order valence-electron chi connectivity index (χ4n) is 3.34. The zero-order valence-corrected chi connectivity index (χ0v) is 10.1. The zero-order chi connectivity index (χ0) is 11.0. The Bertz CT molecular complexity index is 220. The molecule has 2 aliphatic rings. The SMILES string of the molecule is CCC1C2CNCC2CN1C(C)C(C)O. The predicted octanol–water partition coefficient (Wildman–Crippen LogP) is 0.686. The quantitative estimate of drug-likeness (QED) is 0.722. The second kappa shape index (κ2) is 4.40. The van der Waals surface area contributed by atoms with Gasteiger partial charge in [-0.1, -0.05) is 6.92 Å². The van der Waals surface area contributed by atoms with E-state index in [2.05, 4.69) is 24.1 Å². The van der Waals surface area contributed by atoms with Crippen molar-refractivity contribution in [2.24, 2.45) is 11.8 Å². The molecule has 3 nitrogen and oxygen atoms in total. The van der Waals surface area contributed by atoms with E-state index < -0.39 is 0 Å². The summed E-state index contributed by atoms with van der Waals surface area (Å²) in [6, 6.07) is 0.982. The molecule has 3 heteroatoms. The average molecular weight is 212 g/mol. The number of aliphatic hydroxyl groups excluding tert-OH is 1. The van der Waals surface area contributed by atoms with E-state index in [0.29, 0.717) is 12.1 Å². The highest BCUT2D eigenvalue weighted by Gasteiger charge is 2.45. The minimum Gasteiger partial charge on any atom is -0.392 e. The topological polar surface area (TPSA) is 35.5 Å². The standard InChI is InChI=1S/C12H24N2O/c1-4-12-11-6-13-5-10(11)7-14(12)8(2)9(3)15/h8-13,15H,4-7H2,1-3H3. The van der Waals surface area contributed by atoms with Gasteiger partial charge in [0.15, 0.2) is 0 Å². The van der Waals surface area contributed by atoms with Crippen LogP contribution in [-0.2, 0) is 0 Å². The monoisotopic (exact) mass is 212 g/mol. The number of rotatable bonds is 3. The van der Waals surface area contributed by atoms with Gasteiger partial charge in [0, 0.05) is 18.6 Å². The molecule has 0 amide bonds. The zero-order valence-electron chi connectivity index (χ0n) is 10.1. The summed E-state index contributed by atoms with van der Waals surface area (Å²) in [6.45, 7) is 9.84. The van der Waals surface area contributed by atoms with Gasteiger partial charge in [0.05, 0.1) is 6.10 Å². The fourth-order valence-corrected chi connectivity index (χ4v) is 3.34. The highest BCUT2D eigenvalue weighted by Crippen LogP contribution is 2.35. The third-order valence-corrected chi connectivity index (χ3v) is 4.40. The van der Waals surface area contributed by atoms with Crippen LogP contribution in [0.5, 0.6) is 0 Å². The molecule has 2 heterocycles. The molecule has 2 saturated heterocycles. The highest BCUT2D eigenvalue weighted by molar-refractivity contribution is 4.99. The number of nitrogens with one attached hydrogen (secondary N) is 1. The number of nitrogens with zero attached hydrogens (tertiary/aromatic N) is 1. The summed E-state index contributed by atoms with van der Waals surface area (Å²) >= 11 is 0. The molecule has 0 saturated carbocycles. The van der Waals surface area contributed by atoms with E-state index in [1.165, 1.54) is 26.1 Å². The minimum atomic E-state index is -0.217. The van der Waals surface area contributed by atoms with Crippen LogP contribution in [-0.4, -0.2) is 47.8 Å². The van der Waals surface area contributed by atoms with Gasteiger partial charge >= 0.3 is 0 Å². The van der Waals surface area contributed by atoms with Crippen molar-refractivity contribution in [2.45, 2.75) is 45.4 Å². The first-order valence-electron chi connectivity index (χ1n) is 6.29. The van der Waals surface area contributed by atoms with Crippen LogP contribution in [0, 0.1) is 11.8 Å². The maximum atomic E-state index is 9.70. The summed E-state index contributed by atoms with van der Waals surface area (Å²) in [5.74, 6) is 1.63. The van der Waals surface area contributed by atoms with Crippen molar-refractivity contribution in [3.63, 3.8) is 0 Å². The van der Waals surface area contributed by atoms with E-state index in [4.69, 9.17) is 0 Å². The normalized spacial score (nSPS) is 40.4. The molecular weight excluding hydrogens is 188 g/mol. The van der Waals surface area contributed by atoms with Crippen LogP contribution in [0.1, 0.15) is 27.2 Å². The second-order valence-corrected chi connectivity index (χ2v) is 5.24. The molecule has 2 rings (SSSR count). The lowest BCUT2D eigenvalue weighted by Gasteiger charge is -2.33. The summed E-state index contributed by atoms with van der Waals surface area (Å²) < 4.78 is 0. The smallest absolute Gasteiger partial charge is 0.0664 e. The van der Waals surface area contributed by atoms with E-state index in [1.807, 2.05) is 6.92 Å². The lowest BCUT2D eigenvalue weighted by molar-refractivity contribution is 0.0544. The minimum absolute atomic E-state index is 0.217. The Balaban J connectivity index is 2.07. The average Bonchev–Trinajstić information content (AvgIpc) is 2.74. The molecule has 0 aliphatic carbocycles. The second-order valence-electron chi connectivity index (χ2n) is 5.24. The molecule has 88 valence electrons. The van der Waals surface area contributed by atoms with E-state index in [9.17, 15) is 5.11 Å². The first kappa shape index (κ1) is 11.4. The lowest BCUT2D eigenvalue weighted by Crippen LogP contribution is -2.45. The Morgan fingerprint density at radius 1 is 1.40 bits per heavy atom. The van der Waals surface area contributed by atoms with Crippen molar-refractivity contribution in [1.82, 2.24) is 10.2 Å². The summed E-state index contributed by atoms with van der Waals surface area (Å²) in [7, 11) is 0. The van der Waals surface area contributed by atoms with E-state index in [-0.39, 0.29) is 6.10 Å². The van der Waals surface area contributed by atoms with Crippen LogP contribution in [0.2, 0.25) is 0 Å². The Labute approximate surface area is 92.8 Å². The number of hydrogen-bond donors (Lipinski definition) is 2. The van der Waals surface area contributed by atoms with Crippen LogP contribution < -0.4 is 5.32 Å². The van der Waals surface area contributed by atoms with Gasteiger partial charge in [0.1, 0.15) is 0 Å². The largest absolute Gasteiger partial charge is 0.392 e. The molecular formula is C12H24N2O. The third-order valence-electron chi connectivity index (χ3n) is 4.40. The van der Waals surface area contributed by atoms with Gasteiger partial charge in [-0.25, -0.2) is 0 Å². The molecule has 0 bridgehead atoms. The highest BCUT2D eigenvalue weighted by atomic mass is 16.3. The van der Waals surface area contributed by atoms with Crippen molar-refractivity contribution in [2.75, 3.05) is 19.6 Å². The Hall–Kier alpha value is -0.120. The van der Waals surface area contributed by atoms with Crippen molar-refractivity contribution in [3.05, 3.63) is 0 Å². The molecule has 5 unspecified atom stereocenters. The molecule has 2 fully saturated rings. The van der Waals surface area contributed by atoms with Crippen LogP contribution in [0.15, 0.2) is 0 Å². The van der Waals surface area contributed by atoms with Crippen molar-refractivity contribution in [3.8, 4) is 0 Å².